The summed E-state index contributed by atoms with van der Waals surface area (Å²) in [5.41, 5.74) is 1.39. The second-order valence-electron chi connectivity index (χ2n) is 8.40. The second-order valence-corrected chi connectivity index (χ2v) is 8.40. The van der Waals surface area contributed by atoms with Crippen LogP contribution in [0.4, 0.5) is 10.6 Å². The number of aromatic nitrogens is 5. The molecule has 0 unspecified atom stereocenters. The first kappa shape index (κ1) is 21.4. The van der Waals surface area contributed by atoms with Crippen LogP contribution >= 0.6 is 0 Å². The van der Waals surface area contributed by atoms with Crippen molar-refractivity contribution < 1.29 is 14.4 Å². The molecule has 1 aliphatic carbocycles. The summed E-state index contributed by atoms with van der Waals surface area (Å²) in [4.78, 5) is 22.0. The van der Waals surface area contributed by atoms with Crippen molar-refractivity contribution in [3.05, 3.63) is 65.6 Å². The van der Waals surface area contributed by atoms with Gasteiger partial charge in [-0.1, -0.05) is 41.6 Å². The molecule has 0 bridgehead atoms. The molecular weight excluding hydrogens is 410 g/mol. The molecule has 0 spiro atoms. The Morgan fingerprint density at radius 1 is 1.16 bits per heavy atom. The Morgan fingerprint density at radius 3 is 2.66 bits per heavy atom. The van der Waals surface area contributed by atoms with Gasteiger partial charge in [0.25, 0.3) is 0 Å². The second kappa shape index (κ2) is 9.13. The molecule has 4 rings (SSSR count). The largest absolute Gasteiger partial charge is 0.444 e. The van der Waals surface area contributed by atoms with Gasteiger partial charge in [0.05, 0.1) is 11.7 Å². The van der Waals surface area contributed by atoms with E-state index >= 15 is 0 Å². The number of pyridine rings is 1. The third-order valence-electron chi connectivity index (χ3n) is 4.45. The van der Waals surface area contributed by atoms with Gasteiger partial charge in [-0.15, -0.1) is 5.10 Å². The van der Waals surface area contributed by atoms with Crippen molar-refractivity contribution in [3.8, 4) is 0 Å². The number of hydrogen-bond donors (Lipinski definition) is 1. The average molecular weight is 435 g/mol. The van der Waals surface area contributed by atoms with Crippen LogP contribution in [-0.2, 0) is 16.2 Å². The van der Waals surface area contributed by atoms with E-state index in [0.29, 0.717) is 29.1 Å². The number of carbonyl (C=O) groups excluding carboxylic acids is 1. The molecule has 0 aliphatic heterocycles. The van der Waals surface area contributed by atoms with Crippen LogP contribution in [0.25, 0.3) is 0 Å². The maximum atomic E-state index is 12.0. The lowest BCUT2D eigenvalue weighted by molar-refractivity contribution is 0.0635. The van der Waals surface area contributed by atoms with Gasteiger partial charge in [-0.2, -0.15) is 0 Å². The number of carbonyl (C=O) groups is 1. The van der Waals surface area contributed by atoms with Crippen LogP contribution in [0.5, 0.6) is 0 Å². The zero-order chi connectivity index (χ0) is 22.6. The van der Waals surface area contributed by atoms with Crippen molar-refractivity contribution >= 4 is 17.6 Å². The van der Waals surface area contributed by atoms with Crippen LogP contribution < -0.4 is 5.32 Å². The molecule has 166 valence electrons. The number of oxime groups is 1. The zero-order valence-corrected chi connectivity index (χ0v) is 18.2. The molecule has 10 nitrogen and oxygen atoms in total. The SMILES string of the molecule is CC(C)(C)OC(=O)Nc1cccc(CON=C(c2ccccc2)c2nnnn2C2CC2)n1. The smallest absolute Gasteiger partial charge is 0.413 e. The van der Waals surface area contributed by atoms with Gasteiger partial charge in [0.2, 0.25) is 5.82 Å². The number of ether oxygens (including phenoxy) is 1. The molecule has 10 heteroatoms. The Balaban J connectivity index is 1.48. The molecule has 0 radical (unpaired) electrons. The number of nitrogens with one attached hydrogen (secondary N) is 1. The summed E-state index contributed by atoms with van der Waals surface area (Å²) < 4.78 is 7.05. The highest BCUT2D eigenvalue weighted by Gasteiger charge is 2.30. The maximum Gasteiger partial charge on any atom is 0.413 e. The van der Waals surface area contributed by atoms with Crippen LogP contribution in [-0.4, -0.2) is 42.6 Å². The summed E-state index contributed by atoms with van der Waals surface area (Å²) in [6.07, 6.45) is 1.52. The number of rotatable bonds is 7. The van der Waals surface area contributed by atoms with Gasteiger partial charge in [0.15, 0.2) is 12.3 Å². The summed E-state index contributed by atoms with van der Waals surface area (Å²) in [7, 11) is 0. The van der Waals surface area contributed by atoms with Crippen molar-refractivity contribution in [3.63, 3.8) is 0 Å². The fourth-order valence-corrected chi connectivity index (χ4v) is 2.93. The van der Waals surface area contributed by atoms with E-state index in [-0.39, 0.29) is 6.61 Å². The van der Waals surface area contributed by atoms with Crippen molar-refractivity contribution in [2.24, 2.45) is 5.16 Å². The number of tetrazole rings is 1. The maximum absolute atomic E-state index is 12.0. The van der Waals surface area contributed by atoms with Crippen molar-refractivity contribution in [2.45, 2.75) is 51.9 Å². The van der Waals surface area contributed by atoms with E-state index in [9.17, 15) is 4.79 Å². The molecule has 0 atom stereocenters. The molecule has 3 aromatic rings. The van der Waals surface area contributed by atoms with Crippen LogP contribution in [0, 0.1) is 0 Å². The first-order valence-corrected chi connectivity index (χ1v) is 10.4. The van der Waals surface area contributed by atoms with Crippen molar-refractivity contribution in [1.29, 1.82) is 0 Å². The lowest BCUT2D eigenvalue weighted by Crippen LogP contribution is -2.27. The van der Waals surface area contributed by atoms with Crippen molar-refractivity contribution in [2.75, 3.05) is 5.32 Å². The lowest BCUT2D eigenvalue weighted by Gasteiger charge is -2.19. The molecule has 0 saturated heterocycles. The highest BCUT2D eigenvalue weighted by molar-refractivity contribution is 6.10. The predicted molar refractivity (Wildman–Crippen MR) is 117 cm³/mol. The van der Waals surface area contributed by atoms with Gasteiger partial charge >= 0.3 is 6.09 Å². The number of amides is 1. The summed E-state index contributed by atoms with van der Waals surface area (Å²) >= 11 is 0. The topological polar surface area (TPSA) is 116 Å². The van der Waals surface area contributed by atoms with Crippen LogP contribution in [0.3, 0.4) is 0 Å². The Kier molecular flexibility index (Phi) is 6.11. The van der Waals surface area contributed by atoms with Gasteiger partial charge in [0.1, 0.15) is 11.4 Å². The lowest BCUT2D eigenvalue weighted by atomic mass is 10.1. The fourth-order valence-electron chi connectivity index (χ4n) is 2.93. The van der Waals surface area contributed by atoms with E-state index in [0.717, 1.165) is 18.4 Å². The summed E-state index contributed by atoms with van der Waals surface area (Å²) in [5, 5.41) is 19.1. The molecule has 1 amide bonds. The Labute approximate surface area is 185 Å². The van der Waals surface area contributed by atoms with Gasteiger partial charge in [-0.3, -0.25) is 5.32 Å². The van der Waals surface area contributed by atoms with Crippen LogP contribution in [0.2, 0.25) is 0 Å². The number of hydrogen-bond acceptors (Lipinski definition) is 8. The molecule has 2 heterocycles. The van der Waals surface area contributed by atoms with E-state index in [1.54, 1.807) is 43.7 Å². The quantitative estimate of drug-likeness (QED) is 0.444. The summed E-state index contributed by atoms with van der Waals surface area (Å²) in [6.45, 7) is 5.50. The van der Waals surface area contributed by atoms with E-state index in [4.69, 9.17) is 9.57 Å². The molecule has 1 N–H and O–H groups in total. The van der Waals surface area contributed by atoms with Gasteiger partial charge in [0, 0.05) is 5.56 Å². The van der Waals surface area contributed by atoms with Crippen molar-refractivity contribution in [1.82, 2.24) is 25.2 Å². The minimum absolute atomic E-state index is 0.102. The predicted octanol–water partition coefficient (Wildman–Crippen LogP) is 3.72. The van der Waals surface area contributed by atoms with E-state index in [1.807, 2.05) is 30.3 Å². The first-order chi connectivity index (χ1) is 15.4. The van der Waals surface area contributed by atoms with E-state index in [2.05, 4.69) is 31.0 Å². The average Bonchev–Trinajstić information content (AvgIpc) is 3.48. The van der Waals surface area contributed by atoms with Gasteiger partial charge in [-0.25, -0.2) is 14.5 Å². The minimum atomic E-state index is -0.594. The summed E-state index contributed by atoms with van der Waals surface area (Å²) in [5.74, 6) is 0.928. The standard InChI is InChI=1S/C22H25N7O3/c1-22(2,3)32-21(30)24-18-11-7-10-16(23-18)14-31-26-19(15-8-5-4-6-9-15)20-25-27-28-29(20)17-12-13-17/h4-11,17H,12-14H2,1-3H3,(H,23,24,30). The number of nitrogens with zero attached hydrogens (tertiary/aromatic N) is 6. The molecule has 32 heavy (non-hydrogen) atoms. The molecule has 1 aromatic carbocycles. The minimum Gasteiger partial charge on any atom is -0.444 e. The van der Waals surface area contributed by atoms with Crippen LogP contribution in [0.1, 0.15) is 56.7 Å². The Morgan fingerprint density at radius 2 is 1.94 bits per heavy atom. The fraction of sp³-hybridized carbons (Fsp3) is 0.364. The van der Waals surface area contributed by atoms with E-state index < -0.39 is 11.7 Å². The van der Waals surface area contributed by atoms with Crippen LogP contribution in [0.15, 0.2) is 53.7 Å². The number of anilines is 1. The Bertz CT molecular complexity index is 1100. The monoisotopic (exact) mass is 435 g/mol. The Hall–Kier alpha value is -3.82. The summed E-state index contributed by atoms with van der Waals surface area (Å²) in [6, 6.07) is 15.2. The van der Waals surface area contributed by atoms with Gasteiger partial charge < -0.3 is 9.57 Å². The first-order valence-electron chi connectivity index (χ1n) is 10.4. The highest BCUT2D eigenvalue weighted by Crippen LogP contribution is 2.34. The third-order valence-corrected chi connectivity index (χ3v) is 4.45. The highest BCUT2D eigenvalue weighted by atomic mass is 16.6. The molecular formula is C22H25N7O3. The molecule has 2 aromatic heterocycles. The number of benzene rings is 1. The zero-order valence-electron chi connectivity index (χ0n) is 18.2. The molecule has 1 fully saturated rings. The molecule has 1 aliphatic rings. The third kappa shape index (κ3) is 5.65. The van der Waals surface area contributed by atoms with E-state index in [1.165, 1.54) is 0 Å². The normalized spacial score (nSPS) is 14.2. The molecule has 1 saturated carbocycles. The van der Waals surface area contributed by atoms with Gasteiger partial charge in [-0.05, 0) is 56.2 Å².